The second kappa shape index (κ2) is 6.88. The summed E-state index contributed by atoms with van der Waals surface area (Å²) in [5, 5.41) is 3.58. The van der Waals surface area contributed by atoms with Crippen LogP contribution in [0.1, 0.15) is 0 Å². The zero-order chi connectivity index (χ0) is 13.7. The maximum Gasteiger partial charge on any atom is 0.198 e. The molecule has 0 spiro atoms. The van der Waals surface area contributed by atoms with Crippen LogP contribution in [0.5, 0.6) is 5.75 Å². The summed E-state index contributed by atoms with van der Waals surface area (Å²) >= 11 is 5.94. The molecule has 106 valence electrons. The lowest BCUT2D eigenvalue weighted by Gasteiger charge is -2.32. The van der Waals surface area contributed by atoms with Gasteiger partial charge in [0.25, 0.3) is 0 Å². The quantitative estimate of drug-likeness (QED) is 0.808. The van der Waals surface area contributed by atoms with Crippen molar-refractivity contribution in [3.05, 3.63) is 11.5 Å². The number of ether oxygens (including phenoxy) is 1. The van der Waals surface area contributed by atoms with Crippen molar-refractivity contribution in [1.82, 2.24) is 19.8 Å². The molecule has 0 bridgehead atoms. The lowest BCUT2D eigenvalue weighted by atomic mass is 10.3. The number of nitrogens with one attached hydrogen (secondary N) is 1. The van der Waals surface area contributed by atoms with Crippen molar-refractivity contribution in [2.45, 2.75) is 0 Å². The van der Waals surface area contributed by atoms with Crippen molar-refractivity contribution in [2.75, 3.05) is 58.7 Å². The predicted octanol–water partition coefficient (Wildman–Crippen LogP) is 0.798. The number of rotatable bonds is 5. The number of aromatic nitrogens is 2. The molecular formula is C12H20ClN5O. The van der Waals surface area contributed by atoms with Gasteiger partial charge >= 0.3 is 0 Å². The molecule has 0 unspecified atom stereocenters. The number of anilines is 1. The van der Waals surface area contributed by atoms with Crippen LogP contribution in [0.25, 0.3) is 0 Å². The molecule has 0 atom stereocenters. The molecule has 19 heavy (non-hydrogen) atoms. The van der Waals surface area contributed by atoms with Gasteiger partial charge in [0.05, 0.1) is 7.11 Å². The Labute approximate surface area is 118 Å². The Morgan fingerprint density at radius 3 is 2.74 bits per heavy atom. The van der Waals surface area contributed by atoms with E-state index in [2.05, 4.69) is 32.1 Å². The molecule has 1 saturated heterocycles. The number of nitrogens with zero attached hydrogens (tertiary/aromatic N) is 4. The minimum Gasteiger partial charge on any atom is -0.490 e. The van der Waals surface area contributed by atoms with E-state index in [4.69, 9.17) is 16.3 Å². The van der Waals surface area contributed by atoms with Gasteiger partial charge in [-0.05, 0) is 7.05 Å². The molecule has 0 radical (unpaired) electrons. The second-order valence-electron chi connectivity index (χ2n) is 4.62. The highest BCUT2D eigenvalue weighted by atomic mass is 35.5. The van der Waals surface area contributed by atoms with E-state index in [9.17, 15) is 0 Å². The van der Waals surface area contributed by atoms with Gasteiger partial charge in [0.15, 0.2) is 16.7 Å². The third kappa shape index (κ3) is 3.92. The third-order valence-corrected chi connectivity index (χ3v) is 3.55. The maximum absolute atomic E-state index is 5.94. The first-order valence-corrected chi connectivity index (χ1v) is 6.77. The Hall–Kier alpha value is -1.11. The first-order valence-electron chi connectivity index (χ1n) is 6.40. The molecule has 0 amide bonds. The van der Waals surface area contributed by atoms with E-state index in [1.165, 1.54) is 6.33 Å². The molecule has 1 fully saturated rings. The van der Waals surface area contributed by atoms with Crippen LogP contribution in [0.15, 0.2) is 6.33 Å². The monoisotopic (exact) mass is 285 g/mol. The molecule has 0 aliphatic carbocycles. The number of hydrogen-bond acceptors (Lipinski definition) is 6. The fourth-order valence-corrected chi connectivity index (χ4v) is 2.27. The predicted molar refractivity (Wildman–Crippen MR) is 76.0 cm³/mol. The summed E-state index contributed by atoms with van der Waals surface area (Å²) in [6.45, 7) is 6.27. The first-order chi connectivity index (χ1) is 9.20. The summed E-state index contributed by atoms with van der Waals surface area (Å²) in [5.41, 5.74) is 0. The summed E-state index contributed by atoms with van der Waals surface area (Å²) in [6.07, 6.45) is 1.43. The maximum atomic E-state index is 5.94. The first kappa shape index (κ1) is 14.3. The summed E-state index contributed by atoms with van der Waals surface area (Å²) in [6, 6.07) is 0. The van der Waals surface area contributed by atoms with Crippen LogP contribution in [0, 0.1) is 0 Å². The van der Waals surface area contributed by atoms with Crippen molar-refractivity contribution >= 4 is 17.4 Å². The van der Waals surface area contributed by atoms with E-state index >= 15 is 0 Å². The minimum atomic E-state index is 0.333. The lowest BCUT2D eigenvalue weighted by Crippen LogP contribution is -2.45. The lowest BCUT2D eigenvalue weighted by molar-refractivity contribution is 0.158. The fourth-order valence-electron chi connectivity index (χ4n) is 2.06. The Kier molecular flexibility index (Phi) is 5.18. The van der Waals surface area contributed by atoms with E-state index < -0.39 is 0 Å². The molecule has 7 heteroatoms. The van der Waals surface area contributed by atoms with Crippen LogP contribution in [-0.4, -0.2) is 73.2 Å². The molecule has 1 aliphatic rings. The molecule has 1 aliphatic heterocycles. The number of piperazine rings is 1. The van der Waals surface area contributed by atoms with Crippen LogP contribution >= 0.6 is 11.6 Å². The molecule has 1 aromatic heterocycles. The molecule has 2 heterocycles. The standard InChI is InChI=1S/C12H20ClN5O/c1-17-5-7-18(8-6-17)4-3-14-12-10(19-2)11(13)15-9-16-12/h9H,3-8H2,1-2H3,(H,14,15,16). The fraction of sp³-hybridized carbons (Fsp3) is 0.667. The Morgan fingerprint density at radius 1 is 1.32 bits per heavy atom. The van der Waals surface area contributed by atoms with Gasteiger partial charge in [-0.3, -0.25) is 4.90 Å². The smallest absolute Gasteiger partial charge is 0.198 e. The summed E-state index contributed by atoms with van der Waals surface area (Å²) in [5.74, 6) is 1.15. The van der Waals surface area contributed by atoms with Gasteiger partial charge in [-0.2, -0.15) is 0 Å². The van der Waals surface area contributed by atoms with E-state index in [1.807, 2.05) is 0 Å². The molecule has 0 saturated carbocycles. The van der Waals surface area contributed by atoms with Gasteiger partial charge in [0.2, 0.25) is 0 Å². The molecule has 2 rings (SSSR count). The van der Waals surface area contributed by atoms with Gasteiger partial charge in [0.1, 0.15) is 6.33 Å². The molecular weight excluding hydrogens is 266 g/mol. The number of likely N-dealkylation sites (N-methyl/N-ethyl adjacent to an activating group) is 1. The number of hydrogen-bond donors (Lipinski definition) is 1. The van der Waals surface area contributed by atoms with Crippen molar-refractivity contribution in [3.8, 4) is 5.75 Å². The average molecular weight is 286 g/mol. The molecule has 6 nitrogen and oxygen atoms in total. The van der Waals surface area contributed by atoms with Crippen LogP contribution in [0.4, 0.5) is 5.82 Å². The van der Waals surface area contributed by atoms with Crippen molar-refractivity contribution in [2.24, 2.45) is 0 Å². The summed E-state index contributed by atoms with van der Waals surface area (Å²) in [4.78, 5) is 12.8. The topological polar surface area (TPSA) is 53.5 Å². The molecule has 1 aromatic rings. The Balaban J connectivity index is 1.81. The van der Waals surface area contributed by atoms with Gasteiger partial charge < -0.3 is 15.0 Å². The van der Waals surface area contributed by atoms with E-state index in [-0.39, 0.29) is 0 Å². The zero-order valence-corrected chi connectivity index (χ0v) is 12.2. The highest BCUT2D eigenvalue weighted by Crippen LogP contribution is 2.27. The SMILES string of the molecule is COc1c(Cl)ncnc1NCCN1CCN(C)CC1. The average Bonchev–Trinajstić information content (AvgIpc) is 2.41. The normalized spacial score (nSPS) is 17.4. The Morgan fingerprint density at radius 2 is 2.05 bits per heavy atom. The van der Waals surface area contributed by atoms with Crippen molar-refractivity contribution in [3.63, 3.8) is 0 Å². The molecule has 0 aromatic carbocycles. The number of methoxy groups -OCH3 is 1. The van der Waals surface area contributed by atoms with E-state index in [0.29, 0.717) is 16.7 Å². The largest absolute Gasteiger partial charge is 0.490 e. The van der Waals surface area contributed by atoms with Gasteiger partial charge in [0, 0.05) is 39.3 Å². The van der Waals surface area contributed by atoms with E-state index in [1.54, 1.807) is 7.11 Å². The minimum absolute atomic E-state index is 0.333. The zero-order valence-electron chi connectivity index (χ0n) is 11.4. The highest BCUT2D eigenvalue weighted by molar-refractivity contribution is 6.31. The van der Waals surface area contributed by atoms with E-state index in [0.717, 1.165) is 39.3 Å². The van der Waals surface area contributed by atoms with Crippen molar-refractivity contribution in [1.29, 1.82) is 0 Å². The number of halogens is 1. The van der Waals surface area contributed by atoms with Crippen LogP contribution in [0.2, 0.25) is 5.15 Å². The van der Waals surface area contributed by atoms with Gasteiger partial charge in [-0.1, -0.05) is 11.6 Å². The summed E-state index contributed by atoms with van der Waals surface area (Å²) in [7, 11) is 3.72. The highest BCUT2D eigenvalue weighted by Gasteiger charge is 2.14. The molecule has 1 N–H and O–H groups in total. The van der Waals surface area contributed by atoms with Crippen LogP contribution < -0.4 is 10.1 Å². The summed E-state index contributed by atoms with van der Waals surface area (Å²) < 4.78 is 5.19. The Bertz CT molecular complexity index is 409. The van der Waals surface area contributed by atoms with Crippen LogP contribution in [0.3, 0.4) is 0 Å². The van der Waals surface area contributed by atoms with Crippen LogP contribution in [-0.2, 0) is 0 Å². The third-order valence-electron chi connectivity index (χ3n) is 3.28. The second-order valence-corrected chi connectivity index (χ2v) is 4.98. The van der Waals surface area contributed by atoms with Crippen molar-refractivity contribution < 1.29 is 4.74 Å². The van der Waals surface area contributed by atoms with Gasteiger partial charge in [-0.25, -0.2) is 9.97 Å². The van der Waals surface area contributed by atoms with Gasteiger partial charge in [-0.15, -0.1) is 0 Å².